The van der Waals surface area contributed by atoms with E-state index in [0.29, 0.717) is 11.3 Å². The molecule has 3 rings (SSSR count). The van der Waals surface area contributed by atoms with E-state index in [1.165, 1.54) is 18.2 Å². The van der Waals surface area contributed by atoms with Gasteiger partial charge >= 0.3 is 0 Å². The average Bonchev–Trinajstić information content (AvgIpc) is 2.47. The van der Waals surface area contributed by atoms with Crippen molar-refractivity contribution >= 4 is 5.69 Å². The maximum absolute atomic E-state index is 11.8. The zero-order valence-corrected chi connectivity index (χ0v) is 10.4. The quantitative estimate of drug-likeness (QED) is 0.529. The van der Waals surface area contributed by atoms with E-state index in [4.69, 9.17) is 0 Å². The van der Waals surface area contributed by atoms with Crippen LogP contribution in [0.2, 0.25) is 0 Å². The lowest BCUT2D eigenvalue weighted by molar-refractivity contribution is -0.384. The standard InChI is InChI=1S/C15H10N2O3/c18-15-8-2-7-14-13(15)6-3-9-16(14)11-4-1-5-12(10-11)17(19)20/h1-10H. The largest absolute Gasteiger partial charge is 0.316 e. The van der Waals surface area contributed by atoms with Crippen molar-refractivity contribution in [1.82, 2.24) is 4.57 Å². The number of rotatable bonds is 2. The number of non-ortho nitro benzene ring substituents is 1. The summed E-state index contributed by atoms with van der Waals surface area (Å²) < 4.78 is 1.77. The van der Waals surface area contributed by atoms with Crippen LogP contribution in [0.15, 0.2) is 65.6 Å². The molecule has 0 aromatic heterocycles. The van der Waals surface area contributed by atoms with Crippen LogP contribution in [0.1, 0.15) is 0 Å². The van der Waals surface area contributed by atoms with Gasteiger partial charge in [0.05, 0.1) is 16.3 Å². The van der Waals surface area contributed by atoms with E-state index in [1.54, 1.807) is 41.1 Å². The first-order valence-corrected chi connectivity index (χ1v) is 6.02. The Kier molecular flexibility index (Phi) is 2.80. The van der Waals surface area contributed by atoms with Crippen LogP contribution in [0, 0.1) is 10.1 Å². The van der Waals surface area contributed by atoms with Crippen LogP contribution in [-0.2, 0) is 0 Å². The second kappa shape index (κ2) is 4.62. The molecular weight excluding hydrogens is 256 g/mol. The lowest BCUT2D eigenvalue weighted by Crippen LogP contribution is -2.09. The van der Waals surface area contributed by atoms with Gasteiger partial charge in [-0.1, -0.05) is 12.1 Å². The van der Waals surface area contributed by atoms with E-state index in [1.807, 2.05) is 6.07 Å². The maximum atomic E-state index is 11.8. The predicted octanol–water partition coefficient (Wildman–Crippen LogP) is 2.85. The predicted molar refractivity (Wildman–Crippen MR) is 75.3 cm³/mol. The number of nitro benzene ring substituents is 1. The second-order valence-electron chi connectivity index (χ2n) is 4.34. The molecule has 0 bridgehead atoms. The van der Waals surface area contributed by atoms with Gasteiger partial charge in [-0.25, -0.2) is 0 Å². The summed E-state index contributed by atoms with van der Waals surface area (Å²) in [6, 6.07) is 14.8. The molecule has 0 saturated heterocycles. The molecule has 1 aromatic carbocycles. The zero-order valence-electron chi connectivity index (χ0n) is 10.4. The Morgan fingerprint density at radius 2 is 1.80 bits per heavy atom. The monoisotopic (exact) mass is 266 g/mol. The summed E-state index contributed by atoms with van der Waals surface area (Å²) >= 11 is 0. The van der Waals surface area contributed by atoms with Crippen LogP contribution < -0.4 is 5.43 Å². The van der Waals surface area contributed by atoms with Gasteiger partial charge in [-0.2, -0.15) is 0 Å². The topological polar surface area (TPSA) is 65.1 Å². The van der Waals surface area contributed by atoms with Crippen LogP contribution in [0.3, 0.4) is 0 Å². The van der Waals surface area contributed by atoms with Crippen LogP contribution in [0.4, 0.5) is 5.69 Å². The minimum Gasteiger partial charge on any atom is -0.316 e. The Hall–Kier alpha value is -2.95. The Morgan fingerprint density at radius 1 is 1.00 bits per heavy atom. The number of pyridine rings is 1. The fourth-order valence-electron chi connectivity index (χ4n) is 2.20. The SMILES string of the molecule is O=c1cccc2n(-c3cccc([N+](=O)[O-])c3)cccc1-2. The van der Waals surface area contributed by atoms with E-state index in [9.17, 15) is 14.9 Å². The molecule has 1 aliphatic carbocycles. The van der Waals surface area contributed by atoms with Gasteiger partial charge in [-0.3, -0.25) is 14.9 Å². The van der Waals surface area contributed by atoms with Crippen molar-refractivity contribution in [3.05, 3.63) is 81.1 Å². The lowest BCUT2D eigenvalue weighted by atomic mass is 10.1. The molecule has 5 heteroatoms. The number of fused-ring (bicyclic) bond motifs is 1. The normalized spacial score (nSPS) is 10.6. The molecule has 1 aromatic rings. The highest BCUT2D eigenvalue weighted by Crippen LogP contribution is 2.23. The van der Waals surface area contributed by atoms with Gasteiger partial charge in [0.1, 0.15) is 0 Å². The summed E-state index contributed by atoms with van der Waals surface area (Å²) in [7, 11) is 0. The minimum atomic E-state index is -0.436. The molecule has 0 spiro atoms. The summed E-state index contributed by atoms with van der Waals surface area (Å²) in [5.74, 6) is 0. The molecule has 0 amide bonds. The van der Waals surface area contributed by atoms with Crippen LogP contribution in [0.25, 0.3) is 16.9 Å². The highest BCUT2D eigenvalue weighted by atomic mass is 16.6. The van der Waals surface area contributed by atoms with Gasteiger partial charge in [-0.05, 0) is 30.3 Å². The molecule has 0 saturated carbocycles. The van der Waals surface area contributed by atoms with Gasteiger partial charge in [0.15, 0.2) is 5.43 Å². The van der Waals surface area contributed by atoms with E-state index in [0.717, 1.165) is 5.69 Å². The fraction of sp³-hybridized carbons (Fsp3) is 0. The fourth-order valence-corrected chi connectivity index (χ4v) is 2.20. The highest BCUT2D eigenvalue weighted by Gasteiger charge is 2.12. The third-order valence-electron chi connectivity index (χ3n) is 3.12. The Labute approximate surface area is 114 Å². The Bertz CT molecular complexity index is 823. The van der Waals surface area contributed by atoms with Gasteiger partial charge < -0.3 is 4.57 Å². The van der Waals surface area contributed by atoms with E-state index < -0.39 is 4.92 Å². The first-order chi connectivity index (χ1) is 9.66. The Balaban J connectivity index is 2.24. The van der Waals surface area contributed by atoms with Gasteiger partial charge in [0.2, 0.25) is 0 Å². The number of aromatic nitrogens is 1. The summed E-state index contributed by atoms with van der Waals surface area (Å²) in [6.07, 6.45) is 1.78. The maximum Gasteiger partial charge on any atom is 0.271 e. The van der Waals surface area contributed by atoms with Crippen molar-refractivity contribution in [2.45, 2.75) is 0 Å². The molecule has 0 unspecified atom stereocenters. The number of benzene rings is 2. The van der Waals surface area contributed by atoms with Crippen LogP contribution in [0.5, 0.6) is 0 Å². The van der Waals surface area contributed by atoms with Crippen molar-refractivity contribution in [2.75, 3.05) is 0 Å². The van der Waals surface area contributed by atoms with Crippen molar-refractivity contribution in [1.29, 1.82) is 0 Å². The number of hydrogen-bond acceptors (Lipinski definition) is 3. The molecule has 98 valence electrons. The van der Waals surface area contributed by atoms with Crippen molar-refractivity contribution in [2.24, 2.45) is 0 Å². The summed E-state index contributed by atoms with van der Waals surface area (Å²) in [6.45, 7) is 0. The first-order valence-electron chi connectivity index (χ1n) is 6.02. The third kappa shape index (κ3) is 1.95. The van der Waals surface area contributed by atoms with Crippen molar-refractivity contribution in [3.63, 3.8) is 0 Å². The molecule has 5 nitrogen and oxygen atoms in total. The van der Waals surface area contributed by atoms with E-state index >= 15 is 0 Å². The average molecular weight is 266 g/mol. The van der Waals surface area contributed by atoms with E-state index in [2.05, 4.69) is 0 Å². The summed E-state index contributed by atoms with van der Waals surface area (Å²) in [4.78, 5) is 22.2. The second-order valence-corrected chi connectivity index (χ2v) is 4.34. The first kappa shape index (κ1) is 12.1. The number of nitrogens with zero attached hydrogens (tertiary/aromatic N) is 2. The van der Waals surface area contributed by atoms with Crippen molar-refractivity contribution in [3.8, 4) is 16.9 Å². The molecular formula is C15H10N2O3. The van der Waals surface area contributed by atoms with Crippen LogP contribution >= 0.6 is 0 Å². The number of nitro groups is 1. The Morgan fingerprint density at radius 3 is 2.60 bits per heavy atom. The molecule has 0 atom stereocenters. The number of hydrogen-bond donors (Lipinski definition) is 0. The van der Waals surface area contributed by atoms with E-state index in [-0.39, 0.29) is 11.1 Å². The minimum absolute atomic E-state index is 0.0188. The van der Waals surface area contributed by atoms with Gasteiger partial charge in [-0.15, -0.1) is 0 Å². The zero-order chi connectivity index (χ0) is 14.1. The van der Waals surface area contributed by atoms with Crippen LogP contribution in [-0.4, -0.2) is 9.49 Å². The van der Waals surface area contributed by atoms with Gasteiger partial charge in [0.25, 0.3) is 5.69 Å². The molecule has 1 aliphatic heterocycles. The summed E-state index contributed by atoms with van der Waals surface area (Å²) in [5, 5.41) is 10.8. The smallest absolute Gasteiger partial charge is 0.271 e. The third-order valence-corrected chi connectivity index (χ3v) is 3.12. The van der Waals surface area contributed by atoms with Gasteiger partial charge in [0, 0.05) is 23.9 Å². The summed E-state index contributed by atoms with van der Waals surface area (Å²) in [5.41, 5.74) is 1.91. The molecule has 0 N–H and O–H groups in total. The highest BCUT2D eigenvalue weighted by molar-refractivity contribution is 5.64. The van der Waals surface area contributed by atoms with Crippen molar-refractivity contribution < 1.29 is 4.92 Å². The molecule has 0 fully saturated rings. The molecule has 1 heterocycles. The lowest BCUT2D eigenvalue weighted by Gasteiger charge is -2.14. The molecule has 0 radical (unpaired) electrons. The molecule has 2 aliphatic rings. The molecule has 20 heavy (non-hydrogen) atoms.